The molecule has 3 aromatic rings. The molecule has 0 bridgehead atoms. The summed E-state index contributed by atoms with van der Waals surface area (Å²) in [6.45, 7) is 12.0. The Hall–Kier alpha value is -3.77. The number of aliphatic carboxylic acids is 1. The molecular weight excluding hydrogens is 452 g/mol. The Balaban J connectivity index is 0.000000255. The highest BCUT2D eigenvalue weighted by atomic mass is 16.4. The molecule has 0 aliphatic heterocycles. The van der Waals surface area contributed by atoms with E-state index in [1.54, 1.807) is 55.5 Å². The van der Waals surface area contributed by atoms with Gasteiger partial charge in [0.1, 0.15) is 0 Å². The van der Waals surface area contributed by atoms with Crippen LogP contribution in [-0.2, 0) is 9.59 Å². The maximum Gasteiger partial charge on any atom is 0.310 e. The first kappa shape index (κ1) is 28.5. The Bertz CT molecular complexity index is 1150. The molecule has 36 heavy (non-hydrogen) atoms. The van der Waals surface area contributed by atoms with Crippen LogP contribution in [0.4, 0.5) is 5.69 Å². The molecule has 6 nitrogen and oxygen atoms in total. The van der Waals surface area contributed by atoms with Gasteiger partial charge in [-0.15, -0.1) is 0 Å². The highest BCUT2D eigenvalue weighted by Crippen LogP contribution is 2.20. The van der Waals surface area contributed by atoms with Crippen LogP contribution in [0, 0.1) is 13.8 Å². The van der Waals surface area contributed by atoms with Crippen molar-refractivity contribution in [2.24, 2.45) is 0 Å². The van der Waals surface area contributed by atoms with E-state index in [1.165, 1.54) is 0 Å². The maximum absolute atomic E-state index is 12.2. The van der Waals surface area contributed by atoms with Gasteiger partial charge in [-0.1, -0.05) is 80.6 Å². The number of hydrogen-bond donors (Lipinski definition) is 2. The number of nitrogens with zero attached hydrogens (tertiary/aromatic N) is 1. The third kappa shape index (κ3) is 8.17. The maximum atomic E-state index is 12.2. The van der Waals surface area contributed by atoms with Gasteiger partial charge in [0.05, 0.1) is 12.5 Å². The molecular formula is C30H36N2O4. The lowest BCUT2D eigenvalue weighted by Gasteiger charge is -2.18. The number of ketones is 1. The van der Waals surface area contributed by atoms with Gasteiger partial charge in [-0.25, -0.2) is 0 Å². The van der Waals surface area contributed by atoms with E-state index in [1.807, 2.05) is 38.1 Å². The highest BCUT2D eigenvalue weighted by Gasteiger charge is 2.16. The minimum atomic E-state index is -0.899. The highest BCUT2D eigenvalue weighted by molar-refractivity contribution is 6.09. The van der Waals surface area contributed by atoms with Crippen LogP contribution in [-0.4, -0.2) is 47.3 Å². The molecule has 1 unspecified atom stereocenters. The summed E-state index contributed by atoms with van der Waals surface area (Å²) in [5, 5.41) is 12.0. The van der Waals surface area contributed by atoms with Crippen LogP contribution in [0.3, 0.4) is 0 Å². The topological polar surface area (TPSA) is 86.7 Å². The Kier molecular flexibility index (Phi) is 11.0. The Morgan fingerprint density at radius 2 is 1.39 bits per heavy atom. The van der Waals surface area contributed by atoms with Crippen molar-refractivity contribution in [2.75, 3.05) is 25.0 Å². The minimum absolute atomic E-state index is 0.0612. The van der Waals surface area contributed by atoms with Crippen LogP contribution >= 0.6 is 0 Å². The lowest BCUT2D eigenvalue weighted by Crippen LogP contribution is -2.33. The molecule has 6 heteroatoms. The molecule has 3 aromatic carbocycles. The molecule has 3 rings (SSSR count). The lowest BCUT2D eigenvalue weighted by atomic mass is 9.96. The van der Waals surface area contributed by atoms with Crippen LogP contribution in [0.25, 0.3) is 0 Å². The summed E-state index contributed by atoms with van der Waals surface area (Å²) in [5.41, 5.74) is 4.91. The van der Waals surface area contributed by atoms with Crippen molar-refractivity contribution in [3.8, 4) is 0 Å². The summed E-state index contributed by atoms with van der Waals surface area (Å²) in [5.74, 6) is -1.56. The third-order valence-electron chi connectivity index (χ3n) is 6.06. The zero-order valence-electron chi connectivity index (χ0n) is 21.7. The average Bonchev–Trinajstić information content (AvgIpc) is 2.89. The van der Waals surface area contributed by atoms with Crippen molar-refractivity contribution in [1.82, 2.24) is 4.90 Å². The number of carbonyl (C=O) groups is 3. The molecule has 0 radical (unpaired) electrons. The largest absolute Gasteiger partial charge is 0.481 e. The number of anilines is 1. The molecule has 0 heterocycles. The number of likely N-dealkylation sites (N-methyl/N-ethyl adjacent to an activating group) is 1. The fraction of sp³-hybridized carbons (Fsp3) is 0.300. The van der Waals surface area contributed by atoms with Crippen LogP contribution in [0.15, 0.2) is 72.8 Å². The number of amides is 1. The zero-order chi connectivity index (χ0) is 26.7. The van der Waals surface area contributed by atoms with Crippen LogP contribution in [0.5, 0.6) is 0 Å². The quantitative estimate of drug-likeness (QED) is 0.378. The molecule has 0 aliphatic rings. The van der Waals surface area contributed by atoms with E-state index in [0.29, 0.717) is 23.2 Å². The second kappa shape index (κ2) is 14.0. The van der Waals surface area contributed by atoms with E-state index in [0.717, 1.165) is 29.9 Å². The van der Waals surface area contributed by atoms with Gasteiger partial charge in [0.25, 0.3) is 0 Å². The summed E-state index contributed by atoms with van der Waals surface area (Å²) in [6.07, 6.45) is 0. The zero-order valence-corrected chi connectivity index (χ0v) is 21.7. The minimum Gasteiger partial charge on any atom is -0.481 e. The molecule has 0 spiro atoms. The molecule has 0 aliphatic carbocycles. The second-order valence-corrected chi connectivity index (χ2v) is 8.66. The van der Waals surface area contributed by atoms with Crippen LogP contribution < -0.4 is 5.32 Å². The molecule has 0 saturated heterocycles. The van der Waals surface area contributed by atoms with Crippen molar-refractivity contribution in [1.29, 1.82) is 0 Å². The fourth-order valence-electron chi connectivity index (χ4n) is 3.69. The third-order valence-corrected chi connectivity index (χ3v) is 6.06. The second-order valence-electron chi connectivity index (χ2n) is 8.66. The van der Waals surface area contributed by atoms with E-state index in [-0.39, 0.29) is 11.7 Å². The van der Waals surface area contributed by atoms with E-state index in [2.05, 4.69) is 24.1 Å². The SMILES string of the molecule is CC(C(=O)O)c1cccc(C(=O)c2ccccc2)c1.CCN(CC)CC(=O)Nc1c(C)cccc1C. The van der Waals surface area contributed by atoms with E-state index in [9.17, 15) is 14.4 Å². The number of carboxylic acids is 1. The van der Waals surface area contributed by atoms with Crippen molar-refractivity contribution in [3.05, 3.63) is 101 Å². The van der Waals surface area contributed by atoms with Crippen molar-refractivity contribution < 1.29 is 19.5 Å². The summed E-state index contributed by atoms with van der Waals surface area (Å²) < 4.78 is 0. The number of rotatable bonds is 9. The molecule has 0 fully saturated rings. The number of carbonyl (C=O) groups excluding carboxylic acids is 2. The van der Waals surface area contributed by atoms with Gasteiger partial charge in [0, 0.05) is 16.8 Å². The van der Waals surface area contributed by atoms with Gasteiger partial charge in [-0.2, -0.15) is 0 Å². The number of carboxylic acid groups (broad SMARTS) is 1. The van der Waals surface area contributed by atoms with Crippen molar-refractivity contribution in [3.63, 3.8) is 0 Å². The fourth-order valence-corrected chi connectivity index (χ4v) is 3.69. The lowest BCUT2D eigenvalue weighted by molar-refractivity contribution is -0.138. The average molecular weight is 489 g/mol. The monoisotopic (exact) mass is 488 g/mol. The normalized spacial score (nSPS) is 11.3. The molecule has 190 valence electrons. The smallest absolute Gasteiger partial charge is 0.310 e. The van der Waals surface area contributed by atoms with Crippen molar-refractivity contribution >= 4 is 23.3 Å². The van der Waals surface area contributed by atoms with Crippen LogP contribution in [0.2, 0.25) is 0 Å². The molecule has 2 N–H and O–H groups in total. The summed E-state index contributed by atoms with van der Waals surface area (Å²) >= 11 is 0. The van der Waals surface area contributed by atoms with E-state index < -0.39 is 11.9 Å². The van der Waals surface area contributed by atoms with Gasteiger partial charge in [-0.3, -0.25) is 19.3 Å². The summed E-state index contributed by atoms with van der Waals surface area (Å²) in [7, 11) is 0. The number of aryl methyl sites for hydroxylation is 2. The predicted octanol–water partition coefficient (Wildman–Crippen LogP) is 5.69. The summed E-state index contributed by atoms with van der Waals surface area (Å²) in [4.78, 5) is 37.2. The van der Waals surface area contributed by atoms with Crippen LogP contribution in [0.1, 0.15) is 59.3 Å². The van der Waals surface area contributed by atoms with E-state index >= 15 is 0 Å². The number of benzene rings is 3. The first-order valence-corrected chi connectivity index (χ1v) is 12.2. The van der Waals surface area contributed by atoms with Gasteiger partial charge in [-0.05, 0) is 56.6 Å². The Morgan fingerprint density at radius 1 is 0.833 bits per heavy atom. The molecule has 1 atom stereocenters. The number of hydrogen-bond acceptors (Lipinski definition) is 4. The van der Waals surface area contributed by atoms with Crippen molar-refractivity contribution in [2.45, 2.75) is 40.5 Å². The Labute approximate surface area is 214 Å². The first-order valence-electron chi connectivity index (χ1n) is 12.2. The number of para-hydroxylation sites is 1. The summed E-state index contributed by atoms with van der Waals surface area (Å²) in [6, 6.07) is 21.8. The van der Waals surface area contributed by atoms with E-state index in [4.69, 9.17) is 5.11 Å². The molecule has 1 amide bonds. The molecule has 0 saturated carbocycles. The molecule has 0 aromatic heterocycles. The first-order chi connectivity index (χ1) is 17.2. The number of nitrogens with one attached hydrogen (secondary N) is 1. The van der Waals surface area contributed by atoms with Gasteiger partial charge in [0.2, 0.25) is 5.91 Å². The predicted molar refractivity (Wildman–Crippen MR) is 145 cm³/mol. The van der Waals surface area contributed by atoms with Gasteiger partial charge >= 0.3 is 5.97 Å². The Morgan fingerprint density at radius 3 is 1.94 bits per heavy atom. The van der Waals surface area contributed by atoms with Gasteiger partial charge < -0.3 is 10.4 Å². The standard InChI is InChI=1S/C16H14O3.C14H22N2O/c1-11(16(18)19)13-8-5-9-14(10-13)15(17)12-6-3-2-4-7-12;1-5-16(6-2)10-13(17)15-14-11(3)8-7-9-12(14)4/h2-11H,1H3,(H,18,19);7-9H,5-6,10H2,1-4H3,(H,15,17). The van der Waals surface area contributed by atoms with Gasteiger partial charge in [0.15, 0.2) is 5.78 Å².